The van der Waals surface area contributed by atoms with Gasteiger partial charge in [0.2, 0.25) is 0 Å². The van der Waals surface area contributed by atoms with Gasteiger partial charge in [-0.3, -0.25) is 10.1 Å². The average Bonchev–Trinajstić information content (AvgIpc) is 3.29. The van der Waals surface area contributed by atoms with Gasteiger partial charge < -0.3 is 0 Å². The Balaban J connectivity index is 1.65. The Hall–Kier alpha value is -3.61. The van der Waals surface area contributed by atoms with Gasteiger partial charge in [0.15, 0.2) is 11.5 Å². The molecule has 0 radical (unpaired) electrons. The van der Waals surface area contributed by atoms with Crippen LogP contribution in [0.3, 0.4) is 0 Å². The predicted molar refractivity (Wildman–Crippen MR) is 89.1 cm³/mol. The van der Waals surface area contributed by atoms with Gasteiger partial charge in [0, 0.05) is 23.3 Å². The first-order valence-electron chi connectivity index (χ1n) is 7.45. The molecule has 0 aliphatic heterocycles. The zero-order chi connectivity index (χ0) is 15.9. The van der Waals surface area contributed by atoms with Gasteiger partial charge in [-0.25, -0.2) is 14.5 Å². The molecule has 0 unspecified atom stereocenters. The van der Waals surface area contributed by atoms with Crippen LogP contribution in [-0.2, 0) is 0 Å². The molecule has 0 aliphatic rings. The second-order valence-electron chi connectivity index (χ2n) is 5.37. The third kappa shape index (κ3) is 1.95. The molecule has 114 valence electrons. The first-order chi connectivity index (χ1) is 11.9. The number of pyridine rings is 1. The summed E-state index contributed by atoms with van der Waals surface area (Å²) in [5.41, 5.74) is 4.24. The van der Waals surface area contributed by atoms with E-state index in [9.17, 15) is 0 Å². The summed E-state index contributed by atoms with van der Waals surface area (Å²) in [5, 5.41) is 12.8. The first-order valence-corrected chi connectivity index (χ1v) is 7.45. The van der Waals surface area contributed by atoms with E-state index in [1.807, 2.05) is 42.5 Å². The molecule has 4 aromatic heterocycles. The number of para-hydroxylation sites is 1. The summed E-state index contributed by atoms with van der Waals surface area (Å²) in [5.74, 6) is 0.584. The van der Waals surface area contributed by atoms with Crippen LogP contribution in [-0.4, -0.2) is 34.8 Å². The lowest BCUT2D eigenvalue weighted by atomic mass is 10.2. The molecule has 0 saturated carbocycles. The summed E-state index contributed by atoms with van der Waals surface area (Å²) in [4.78, 5) is 13.1. The van der Waals surface area contributed by atoms with E-state index in [2.05, 4.69) is 30.2 Å². The SMILES string of the molecule is c1ccc2c(c1)ncn1nc(-c3cc(-c4ccncc4)n[nH]3)nc21. The Labute approximate surface area is 136 Å². The molecule has 0 amide bonds. The summed E-state index contributed by atoms with van der Waals surface area (Å²) in [6.45, 7) is 0. The Morgan fingerprint density at radius 1 is 1.00 bits per heavy atom. The van der Waals surface area contributed by atoms with Gasteiger partial charge in [0.25, 0.3) is 0 Å². The summed E-state index contributed by atoms with van der Waals surface area (Å²) >= 11 is 0. The largest absolute Gasteiger partial charge is 0.274 e. The summed E-state index contributed by atoms with van der Waals surface area (Å²) < 4.78 is 1.69. The topological polar surface area (TPSA) is 84.6 Å². The van der Waals surface area contributed by atoms with Gasteiger partial charge >= 0.3 is 0 Å². The minimum absolute atomic E-state index is 0.584. The molecular formula is C17H11N7. The Kier molecular flexibility index (Phi) is 2.66. The number of hydrogen-bond acceptors (Lipinski definition) is 5. The van der Waals surface area contributed by atoms with Crippen molar-refractivity contribution < 1.29 is 0 Å². The van der Waals surface area contributed by atoms with Crippen molar-refractivity contribution in [3.05, 3.63) is 61.2 Å². The van der Waals surface area contributed by atoms with Gasteiger partial charge in [0.05, 0.1) is 11.2 Å². The van der Waals surface area contributed by atoms with E-state index in [1.165, 1.54) is 0 Å². The molecule has 7 heteroatoms. The number of benzene rings is 1. The number of hydrogen-bond donors (Lipinski definition) is 1. The smallest absolute Gasteiger partial charge is 0.200 e. The van der Waals surface area contributed by atoms with E-state index in [4.69, 9.17) is 0 Å². The maximum absolute atomic E-state index is 4.65. The van der Waals surface area contributed by atoms with Crippen LogP contribution in [0, 0.1) is 0 Å². The maximum Gasteiger partial charge on any atom is 0.200 e. The first kappa shape index (κ1) is 12.9. The van der Waals surface area contributed by atoms with Crippen LogP contribution in [0.25, 0.3) is 39.3 Å². The maximum atomic E-state index is 4.65. The van der Waals surface area contributed by atoms with Gasteiger partial charge in [-0.1, -0.05) is 12.1 Å². The van der Waals surface area contributed by atoms with Crippen LogP contribution in [0.4, 0.5) is 0 Å². The zero-order valence-corrected chi connectivity index (χ0v) is 12.5. The second-order valence-corrected chi connectivity index (χ2v) is 5.37. The highest BCUT2D eigenvalue weighted by Gasteiger charge is 2.12. The third-order valence-electron chi connectivity index (χ3n) is 3.88. The van der Waals surface area contributed by atoms with E-state index in [-0.39, 0.29) is 0 Å². The predicted octanol–water partition coefficient (Wildman–Crippen LogP) is 2.73. The van der Waals surface area contributed by atoms with Crippen molar-refractivity contribution in [1.82, 2.24) is 34.8 Å². The molecular weight excluding hydrogens is 302 g/mol. The highest BCUT2D eigenvalue weighted by atomic mass is 15.3. The Morgan fingerprint density at radius 2 is 1.88 bits per heavy atom. The molecule has 24 heavy (non-hydrogen) atoms. The van der Waals surface area contributed by atoms with Crippen molar-refractivity contribution in [2.75, 3.05) is 0 Å². The molecule has 0 saturated heterocycles. The zero-order valence-electron chi connectivity index (χ0n) is 12.5. The minimum Gasteiger partial charge on any atom is -0.274 e. The van der Waals surface area contributed by atoms with Crippen LogP contribution in [0.1, 0.15) is 0 Å². The Bertz CT molecular complexity index is 1160. The van der Waals surface area contributed by atoms with E-state index in [0.717, 1.165) is 33.5 Å². The van der Waals surface area contributed by atoms with Crippen LogP contribution >= 0.6 is 0 Å². The van der Waals surface area contributed by atoms with Crippen LogP contribution in [0.5, 0.6) is 0 Å². The second kappa shape index (κ2) is 4.95. The van der Waals surface area contributed by atoms with Crippen molar-refractivity contribution in [3.8, 4) is 22.8 Å². The molecule has 1 N–H and O–H groups in total. The molecule has 0 aliphatic carbocycles. The lowest BCUT2D eigenvalue weighted by Gasteiger charge is -1.96. The quantitative estimate of drug-likeness (QED) is 0.541. The molecule has 5 aromatic rings. The van der Waals surface area contributed by atoms with Gasteiger partial charge in [0.1, 0.15) is 12.0 Å². The van der Waals surface area contributed by atoms with Crippen LogP contribution in [0.2, 0.25) is 0 Å². The Morgan fingerprint density at radius 3 is 2.79 bits per heavy atom. The van der Waals surface area contributed by atoms with Gasteiger partial charge in [-0.2, -0.15) is 5.10 Å². The highest BCUT2D eigenvalue weighted by molar-refractivity contribution is 5.91. The van der Waals surface area contributed by atoms with Crippen molar-refractivity contribution >= 4 is 16.6 Å². The highest BCUT2D eigenvalue weighted by Crippen LogP contribution is 2.23. The molecule has 5 rings (SSSR count). The molecule has 1 aromatic carbocycles. The van der Waals surface area contributed by atoms with Crippen molar-refractivity contribution in [2.24, 2.45) is 0 Å². The molecule has 0 bridgehead atoms. The fourth-order valence-electron chi connectivity index (χ4n) is 2.70. The summed E-state index contributed by atoms with van der Waals surface area (Å²) in [6, 6.07) is 13.6. The molecule has 4 heterocycles. The summed E-state index contributed by atoms with van der Waals surface area (Å²) in [7, 11) is 0. The fourth-order valence-corrected chi connectivity index (χ4v) is 2.70. The summed E-state index contributed by atoms with van der Waals surface area (Å²) in [6.07, 6.45) is 5.16. The molecule has 0 fully saturated rings. The van der Waals surface area contributed by atoms with Crippen molar-refractivity contribution in [3.63, 3.8) is 0 Å². The lowest BCUT2D eigenvalue weighted by Crippen LogP contribution is -1.90. The number of H-pyrrole nitrogens is 1. The van der Waals surface area contributed by atoms with E-state index >= 15 is 0 Å². The number of aromatic nitrogens is 7. The molecule has 0 atom stereocenters. The number of nitrogens with one attached hydrogen (secondary N) is 1. The normalized spacial score (nSPS) is 11.3. The number of fused-ring (bicyclic) bond motifs is 3. The van der Waals surface area contributed by atoms with E-state index < -0.39 is 0 Å². The minimum atomic E-state index is 0.584. The van der Waals surface area contributed by atoms with E-state index in [0.29, 0.717) is 5.82 Å². The van der Waals surface area contributed by atoms with Crippen LogP contribution in [0.15, 0.2) is 61.2 Å². The standard InChI is InChI=1S/C17H11N7/c1-2-4-13-12(3-1)17-20-16(23-24(17)10-19-13)15-9-14(21-22-15)11-5-7-18-8-6-11/h1-10H,(H,21,22). The third-order valence-corrected chi connectivity index (χ3v) is 3.88. The molecule has 0 spiro atoms. The number of rotatable bonds is 2. The monoisotopic (exact) mass is 313 g/mol. The van der Waals surface area contributed by atoms with Gasteiger partial charge in [-0.05, 0) is 30.3 Å². The van der Waals surface area contributed by atoms with Crippen LogP contribution < -0.4 is 0 Å². The van der Waals surface area contributed by atoms with Crippen molar-refractivity contribution in [2.45, 2.75) is 0 Å². The van der Waals surface area contributed by atoms with Gasteiger partial charge in [-0.15, -0.1) is 5.10 Å². The molecule has 7 nitrogen and oxygen atoms in total. The van der Waals surface area contributed by atoms with Crippen molar-refractivity contribution in [1.29, 1.82) is 0 Å². The average molecular weight is 313 g/mol. The number of aromatic amines is 1. The fraction of sp³-hybridized carbons (Fsp3) is 0. The lowest BCUT2D eigenvalue weighted by molar-refractivity contribution is 0.933. The number of nitrogens with zero attached hydrogens (tertiary/aromatic N) is 6. The van der Waals surface area contributed by atoms with E-state index in [1.54, 1.807) is 23.2 Å².